The third-order valence-corrected chi connectivity index (χ3v) is 7.45. The minimum atomic E-state index is -3.05. The molecular weight excluding hydrogens is 404 g/mol. The zero-order valence-corrected chi connectivity index (χ0v) is 17.3. The molecule has 0 fully saturated rings. The van der Waals surface area contributed by atoms with Gasteiger partial charge in [-0.2, -0.15) is 0 Å². The molecule has 8 nitrogen and oxygen atoms in total. The molecule has 0 aromatic heterocycles. The van der Waals surface area contributed by atoms with E-state index in [1.165, 1.54) is 12.1 Å². The van der Waals surface area contributed by atoms with Gasteiger partial charge in [0.1, 0.15) is 0 Å². The zero-order valence-electron chi connectivity index (χ0n) is 16.3. The zero-order chi connectivity index (χ0) is 21.6. The number of para-hydroxylation sites is 2. The van der Waals surface area contributed by atoms with Crippen LogP contribution in [0.15, 0.2) is 78.9 Å². The van der Waals surface area contributed by atoms with Crippen molar-refractivity contribution in [2.24, 2.45) is 0 Å². The van der Waals surface area contributed by atoms with Crippen LogP contribution in [0.2, 0.25) is 6.55 Å². The first-order chi connectivity index (χ1) is 14.4. The van der Waals surface area contributed by atoms with Crippen LogP contribution in [0.3, 0.4) is 0 Å². The van der Waals surface area contributed by atoms with E-state index in [2.05, 4.69) is 0 Å². The van der Waals surface area contributed by atoms with Gasteiger partial charge in [-0.15, -0.1) is 0 Å². The molecule has 0 aliphatic heterocycles. The second-order valence-electron chi connectivity index (χ2n) is 6.66. The molecule has 0 aliphatic rings. The third-order valence-electron chi connectivity index (χ3n) is 4.68. The van der Waals surface area contributed by atoms with Gasteiger partial charge in [0.2, 0.25) is 0 Å². The van der Waals surface area contributed by atoms with Crippen LogP contribution in [0.4, 0.5) is 11.4 Å². The Morgan fingerprint density at radius 3 is 1.53 bits per heavy atom. The van der Waals surface area contributed by atoms with Gasteiger partial charge in [0.15, 0.2) is 0 Å². The Hall–Kier alpha value is -3.40. The number of rotatable bonds is 9. The van der Waals surface area contributed by atoms with Gasteiger partial charge >= 0.3 is 8.56 Å². The average molecular weight is 424 g/mol. The van der Waals surface area contributed by atoms with E-state index in [4.69, 9.17) is 8.85 Å². The molecule has 3 aromatic carbocycles. The first-order valence-electron chi connectivity index (χ1n) is 9.19. The molecule has 0 atom stereocenters. The van der Waals surface area contributed by atoms with Gasteiger partial charge < -0.3 is 8.85 Å². The number of nitro benzene ring substituents is 2. The molecule has 0 unspecified atom stereocenters. The Morgan fingerprint density at radius 1 is 0.700 bits per heavy atom. The number of benzene rings is 3. The molecule has 0 radical (unpaired) electrons. The van der Waals surface area contributed by atoms with Gasteiger partial charge in [0, 0.05) is 12.1 Å². The highest BCUT2D eigenvalue weighted by Gasteiger charge is 2.35. The number of nitro groups is 2. The van der Waals surface area contributed by atoms with E-state index in [9.17, 15) is 20.2 Å². The second kappa shape index (κ2) is 9.40. The van der Waals surface area contributed by atoms with E-state index in [1.54, 1.807) is 36.4 Å². The molecule has 0 saturated heterocycles. The lowest BCUT2D eigenvalue weighted by Gasteiger charge is -2.27. The molecule has 0 saturated carbocycles. The topological polar surface area (TPSA) is 105 Å². The van der Waals surface area contributed by atoms with Crippen LogP contribution < -0.4 is 5.19 Å². The molecule has 0 aliphatic carbocycles. The monoisotopic (exact) mass is 424 g/mol. The fourth-order valence-corrected chi connectivity index (χ4v) is 5.08. The van der Waals surface area contributed by atoms with Gasteiger partial charge in [-0.1, -0.05) is 54.6 Å². The molecular formula is C21H20N2O6Si. The summed E-state index contributed by atoms with van der Waals surface area (Å²) in [6.07, 6.45) is 0. The van der Waals surface area contributed by atoms with E-state index in [1.807, 2.05) is 36.9 Å². The second-order valence-corrected chi connectivity index (χ2v) is 9.71. The first-order valence-corrected chi connectivity index (χ1v) is 11.5. The van der Waals surface area contributed by atoms with Crippen molar-refractivity contribution < 1.29 is 18.7 Å². The predicted molar refractivity (Wildman–Crippen MR) is 113 cm³/mol. The molecule has 3 aromatic rings. The SMILES string of the molecule is C[Si](OCc1ccccc1[N+](=O)[O-])(OCc1ccccc1[N+](=O)[O-])c1ccccc1. The summed E-state index contributed by atoms with van der Waals surface area (Å²) in [5, 5.41) is 23.4. The fraction of sp³-hybridized carbons (Fsp3) is 0.143. The van der Waals surface area contributed by atoms with Crippen LogP contribution in [0, 0.1) is 20.2 Å². The van der Waals surface area contributed by atoms with Crippen LogP contribution >= 0.6 is 0 Å². The lowest BCUT2D eigenvalue weighted by molar-refractivity contribution is -0.385. The Bertz CT molecular complexity index is 983. The van der Waals surface area contributed by atoms with Crippen molar-refractivity contribution in [3.8, 4) is 0 Å². The number of nitrogens with zero attached hydrogens (tertiary/aromatic N) is 2. The molecule has 3 rings (SSSR count). The summed E-state index contributed by atoms with van der Waals surface area (Å²) >= 11 is 0. The normalized spacial score (nSPS) is 11.2. The summed E-state index contributed by atoms with van der Waals surface area (Å²) in [6.45, 7) is 1.81. The molecule has 0 bridgehead atoms. The van der Waals surface area contributed by atoms with E-state index in [0.717, 1.165) is 5.19 Å². The maximum Gasteiger partial charge on any atom is 0.369 e. The van der Waals surface area contributed by atoms with Crippen LogP contribution in [0.1, 0.15) is 11.1 Å². The van der Waals surface area contributed by atoms with E-state index in [0.29, 0.717) is 11.1 Å². The summed E-state index contributed by atoms with van der Waals surface area (Å²) in [6, 6.07) is 22.0. The predicted octanol–water partition coefficient (Wildman–Crippen LogP) is 4.22. The van der Waals surface area contributed by atoms with Gasteiger partial charge in [-0.3, -0.25) is 20.2 Å². The molecule has 0 N–H and O–H groups in total. The summed E-state index contributed by atoms with van der Waals surface area (Å²) in [5.41, 5.74) is 0.819. The van der Waals surface area contributed by atoms with Crippen molar-refractivity contribution >= 4 is 25.1 Å². The fourth-order valence-electron chi connectivity index (χ4n) is 3.00. The Morgan fingerprint density at radius 2 is 1.10 bits per heavy atom. The summed E-state index contributed by atoms with van der Waals surface area (Å²) < 4.78 is 12.3. The standard InChI is InChI=1S/C21H20N2O6Si/c1-30(19-11-3-2-4-12-19,28-15-17-9-5-7-13-20(17)22(24)25)29-16-18-10-6-8-14-21(18)23(26)27/h2-14H,15-16H2,1H3. The van der Waals surface area contributed by atoms with Crippen LogP contribution in [-0.4, -0.2) is 18.4 Å². The highest BCUT2D eigenvalue weighted by atomic mass is 28.4. The first kappa shape index (κ1) is 21.3. The lowest BCUT2D eigenvalue weighted by atomic mass is 10.2. The van der Waals surface area contributed by atoms with Gasteiger partial charge in [0.25, 0.3) is 11.4 Å². The molecule has 0 spiro atoms. The van der Waals surface area contributed by atoms with Crippen LogP contribution in [-0.2, 0) is 22.1 Å². The largest absolute Gasteiger partial charge is 0.386 e. The minimum Gasteiger partial charge on any atom is -0.386 e. The Balaban J connectivity index is 1.86. The van der Waals surface area contributed by atoms with Gasteiger partial charge in [-0.25, -0.2) is 0 Å². The van der Waals surface area contributed by atoms with Crippen LogP contribution in [0.5, 0.6) is 0 Å². The molecule has 30 heavy (non-hydrogen) atoms. The van der Waals surface area contributed by atoms with Crippen molar-refractivity contribution in [3.05, 3.63) is 110 Å². The summed E-state index contributed by atoms with van der Waals surface area (Å²) in [7, 11) is -3.05. The van der Waals surface area contributed by atoms with Crippen molar-refractivity contribution in [3.63, 3.8) is 0 Å². The molecule has 0 amide bonds. The van der Waals surface area contributed by atoms with Crippen molar-refractivity contribution in [2.45, 2.75) is 19.8 Å². The molecule has 9 heteroatoms. The van der Waals surface area contributed by atoms with Crippen molar-refractivity contribution in [1.82, 2.24) is 0 Å². The van der Waals surface area contributed by atoms with E-state index < -0.39 is 18.4 Å². The smallest absolute Gasteiger partial charge is 0.369 e. The van der Waals surface area contributed by atoms with Crippen molar-refractivity contribution in [1.29, 1.82) is 0 Å². The van der Waals surface area contributed by atoms with Gasteiger partial charge in [0.05, 0.1) is 34.2 Å². The highest BCUT2D eigenvalue weighted by Crippen LogP contribution is 2.23. The van der Waals surface area contributed by atoms with Crippen molar-refractivity contribution in [2.75, 3.05) is 0 Å². The third kappa shape index (κ3) is 4.95. The summed E-state index contributed by atoms with van der Waals surface area (Å²) in [5.74, 6) is 0. The minimum absolute atomic E-state index is 0.00828. The maximum absolute atomic E-state index is 11.3. The van der Waals surface area contributed by atoms with E-state index in [-0.39, 0.29) is 24.6 Å². The quantitative estimate of drug-likeness (QED) is 0.289. The van der Waals surface area contributed by atoms with Crippen LogP contribution in [0.25, 0.3) is 0 Å². The lowest BCUT2D eigenvalue weighted by Crippen LogP contribution is -2.50. The Kier molecular flexibility index (Phi) is 6.67. The number of hydrogen-bond acceptors (Lipinski definition) is 6. The molecule has 0 heterocycles. The molecule has 154 valence electrons. The Labute approximate surface area is 174 Å². The highest BCUT2D eigenvalue weighted by molar-refractivity contribution is 6.79. The number of hydrogen-bond donors (Lipinski definition) is 0. The van der Waals surface area contributed by atoms with E-state index >= 15 is 0 Å². The average Bonchev–Trinajstić information content (AvgIpc) is 2.77. The van der Waals surface area contributed by atoms with Gasteiger partial charge in [-0.05, 0) is 23.9 Å². The maximum atomic E-state index is 11.3. The summed E-state index contributed by atoms with van der Waals surface area (Å²) in [4.78, 5) is 21.7.